The van der Waals surface area contributed by atoms with Gasteiger partial charge in [-0.2, -0.15) is 0 Å². The zero-order valence-electron chi connectivity index (χ0n) is 10.7. The molecule has 0 spiro atoms. The lowest BCUT2D eigenvalue weighted by Gasteiger charge is -2.09. The fourth-order valence-electron chi connectivity index (χ4n) is 1.24. The summed E-state index contributed by atoms with van der Waals surface area (Å²) in [5.74, 6) is 0. The predicted molar refractivity (Wildman–Crippen MR) is 79.0 cm³/mol. The fourth-order valence-corrected chi connectivity index (χ4v) is 1.50. The van der Waals surface area contributed by atoms with Gasteiger partial charge in [0, 0.05) is 43.7 Å². The molecule has 0 aromatic heterocycles. The molecule has 0 rings (SSSR count). The summed E-state index contributed by atoms with van der Waals surface area (Å²) in [5.41, 5.74) is 8.60. The van der Waals surface area contributed by atoms with E-state index in [1.165, 1.54) is 0 Å². The molecular weight excluding hydrogens is 280 g/mol. The SMILES string of the molecule is CCN=CC(C/C(=C/NC)C(=N)Br)=C(N)CC. The lowest BCUT2D eigenvalue weighted by molar-refractivity contribution is 1.01. The van der Waals surface area contributed by atoms with Gasteiger partial charge in [-0.15, -0.1) is 0 Å². The molecule has 4 nitrogen and oxygen atoms in total. The Bertz CT molecular complexity index is 342. The highest BCUT2D eigenvalue weighted by Crippen LogP contribution is 2.16. The number of halogens is 1. The van der Waals surface area contributed by atoms with Gasteiger partial charge in [0.1, 0.15) is 4.62 Å². The van der Waals surface area contributed by atoms with E-state index < -0.39 is 0 Å². The van der Waals surface area contributed by atoms with Gasteiger partial charge < -0.3 is 11.1 Å². The summed E-state index contributed by atoms with van der Waals surface area (Å²) in [5, 5.41) is 10.6. The molecule has 0 aliphatic heterocycles. The van der Waals surface area contributed by atoms with Gasteiger partial charge >= 0.3 is 0 Å². The van der Waals surface area contributed by atoms with Crippen LogP contribution in [0.1, 0.15) is 26.7 Å². The van der Waals surface area contributed by atoms with Gasteiger partial charge in [0.05, 0.1) is 0 Å². The number of hydrogen-bond acceptors (Lipinski definition) is 4. The Hall–Kier alpha value is -1.10. The molecule has 0 fully saturated rings. The van der Waals surface area contributed by atoms with Crippen molar-refractivity contribution in [2.45, 2.75) is 26.7 Å². The lowest BCUT2D eigenvalue weighted by atomic mass is 10.0. The topological polar surface area (TPSA) is 74.3 Å². The molecule has 5 heteroatoms. The Morgan fingerprint density at radius 2 is 2.12 bits per heavy atom. The predicted octanol–water partition coefficient (Wildman–Crippen LogP) is 2.57. The number of nitrogens with two attached hydrogens (primary N) is 1. The molecule has 0 saturated heterocycles. The van der Waals surface area contributed by atoms with Crippen molar-refractivity contribution >= 4 is 26.8 Å². The van der Waals surface area contributed by atoms with Crippen molar-refractivity contribution in [3.8, 4) is 0 Å². The van der Waals surface area contributed by atoms with Crippen LogP contribution >= 0.6 is 15.9 Å². The zero-order valence-corrected chi connectivity index (χ0v) is 12.3. The molecule has 0 saturated carbocycles. The van der Waals surface area contributed by atoms with E-state index in [0.717, 1.165) is 29.8 Å². The van der Waals surface area contributed by atoms with Crippen molar-refractivity contribution < 1.29 is 0 Å². The molecule has 96 valence electrons. The fraction of sp³-hybridized carbons (Fsp3) is 0.500. The standard InChI is InChI=1S/C12H21BrN4/c1-4-11(14)9(8-17-5-2)6-10(7-16-3)12(13)15/h7-8,15-16H,4-6,14H2,1-3H3/b10-7-,11-9?,15-12?,17-8?. The molecule has 4 N–H and O–H groups in total. The summed E-state index contributed by atoms with van der Waals surface area (Å²) < 4.78 is 0.359. The number of aliphatic imine (C=N–C) groups is 1. The summed E-state index contributed by atoms with van der Waals surface area (Å²) in [6.45, 7) is 4.72. The molecule has 0 aliphatic carbocycles. The molecule has 0 amide bonds. The molecule has 0 atom stereocenters. The van der Waals surface area contributed by atoms with E-state index in [9.17, 15) is 0 Å². The van der Waals surface area contributed by atoms with Crippen LogP contribution in [0.2, 0.25) is 0 Å². The number of allylic oxidation sites excluding steroid dienone is 3. The Balaban J connectivity index is 5.04. The molecular formula is C12H21BrN4. The second-order valence-electron chi connectivity index (χ2n) is 3.48. The third kappa shape index (κ3) is 6.26. The number of nitrogens with one attached hydrogen (secondary N) is 2. The summed E-state index contributed by atoms with van der Waals surface area (Å²) in [4.78, 5) is 4.22. The average molecular weight is 301 g/mol. The number of hydrogen-bond donors (Lipinski definition) is 3. The average Bonchev–Trinajstić information content (AvgIpc) is 2.31. The lowest BCUT2D eigenvalue weighted by Crippen LogP contribution is -2.08. The van der Waals surface area contributed by atoms with Gasteiger partial charge in [-0.1, -0.05) is 6.92 Å². The summed E-state index contributed by atoms with van der Waals surface area (Å²) >= 11 is 3.18. The smallest absolute Gasteiger partial charge is 0.102 e. The first kappa shape index (κ1) is 15.9. The van der Waals surface area contributed by atoms with Crippen LogP contribution in [0.5, 0.6) is 0 Å². The minimum Gasteiger partial charge on any atom is -0.402 e. The van der Waals surface area contributed by atoms with Crippen molar-refractivity contribution in [1.82, 2.24) is 5.32 Å². The van der Waals surface area contributed by atoms with Gasteiger partial charge in [0.15, 0.2) is 0 Å². The minimum absolute atomic E-state index is 0.359. The highest BCUT2D eigenvalue weighted by Gasteiger charge is 2.07. The molecule has 0 aromatic carbocycles. The summed E-state index contributed by atoms with van der Waals surface area (Å²) in [6, 6.07) is 0. The Morgan fingerprint density at radius 1 is 1.47 bits per heavy atom. The summed E-state index contributed by atoms with van der Waals surface area (Å²) in [7, 11) is 1.81. The van der Waals surface area contributed by atoms with E-state index in [-0.39, 0.29) is 0 Å². The maximum Gasteiger partial charge on any atom is 0.102 e. The molecule has 0 unspecified atom stereocenters. The van der Waals surface area contributed by atoms with E-state index in [1.54, 1.807) is 12.4 Å². The third-order valence-corrected chi connectivity index (χ3v) is 2.71. The van der Waals surface area contributed by atoms with Gasteiger partial charge in [-0.25, -0.2) is 0 Å². The van der Waals surface area contributed by atoms with Crippen molar-refractivity contribution in [1.29, 1.82) is 5.41 Å². The maximum absolute atomic E-state index is 7.62. The highest BCUT2D eigenvalue weighted by molar-refractivity contribution is 9.18. The van der Waals surface area contributed by atoms with E-state index >= 15 is 0 Å². The van der Waals surface area contributed by atoms with Crippen LogP contribution in [0.15, 0.2) is 28.0 Å². The van der Waals surface area contributed by atoms with Crippen LogP contribution in [-0.4, -0.2) is 24.4 Å². The van der Waals surface area contributed by atoms with Crippen molar-refractivity contribution in [2.75, 3.05) is 13.6 Å². The van der Waals surface area contributed by atoms with Crippen LogP contribution in [0.25, 0.3) is 0 Å². The van der Waals surface area contributed by atoms with Crippen LogP contribution in [0.4, 0.5) is 0 Å². The largest absolute Gasteiger partial charge is 0.402 e. The normalized spacial score (nSPS) is 13.8. The van der Waals surface area contributed by atoms with Gasteiger partial charge in [0.2, 0.25) is 0 Å². The molecule has 17 heavy (non-hydrogen) atoms. The van der Waals surface area contributed by atoms with E-state index in [2.05, 4.69) is 26.2 Å². The van der Waals surface area contributed by atoms with Crippen molar-refractivity contribution in [3.63, 3.8) is 0 Å². The molecule has 0 aliphatic rings. The first-order valence-electron chi connectivity index (χ1n) is 5.64. The van der Waals surface area contributed by atoms with Crippen LogP contribution < -0.4 is 11.1 Å². The second kappa shape index (κ2) is 8.98. The van der Waals surface area contributed by atoms with Gasteiger partial charge in [0.25, 0.3) is 0 Å². The maximum atomic E-state index is 7.62. The number of rotatable bonds is 7. The van der Waals surface area contributed by atoms with E-state index in [1.807, 2.05) is 20.9 Å². The van der Waals surface area contributed by atoms with Crippen molar-refractivity contribution in [3.05, 3.63) is 23.0 Å². The molecule has 0 bridgehead atoms. The first-order valence-corrected chi connectivity index (χ1v) is 6.44. The summed E-state index contributed by atoms with van der Waals surface area (Å²) in [6.07, 6.45) is 4.99. The number of nitrogens with zero attached hydrogens (tertiary/aromatic N) is 1. The van der Waals surface area contributed by atoms with Gasteiger partial charge in [-0.05, 0) is 34.8 Å². The highest BCUT2D eigenvalue weighted by atomic mass is 79.9. The van der Waals surface area contributed by atoms with Crippen LogP contribution in [0, 0.1) is 5.41 Å². The molecule has 0 aromatic rings. The zero-order chi connectivity index (χ0) is 13.3. The Morgan fingerprint density at radius 3 is 2.53 bits per heavy atom. The Kier molecular flexibility index (Phi) is 8.40. The van der Waals surface area contributed by atoms with Crippen LogP contribution in [0.3, 0.4) is 0 Å². The Labute approximate surface area is 112 Å². The molecule has 0 radical (unpaired) electrons. The van der Waals surface area contributed by atoms with Gasteiger partial charge in [-0.3, -0.25) is 10.4 Å². The quantitative estimate of drug-likeness (QED) is 0.632. The van der Waals surface area contributed by atoms with Crippen LogP contribution in [-0.2, 0) is 0 Å². The monoisotopic (exact) mass is 300 g/mol. The third-order valence-electron chi connectivity index (χ3n) is 2.20. The van der Waals surface area contributed by atoms with E-state index in [0.29, 0.717) is 11.0 Å². The molecule has 0 heterocycles. The second-order valence-corrected chi connectivity index (χ2v) is 4.27. The minimum atomic E-state index is 0.359. The van der Waals surface area contributed by atoms with E-state index in [4.69, 9.17) is 11.1 Å². The van der Waals surface area contributed by atoms with Crippen molar-refractivity contribution in [2.24, 2.45) is 10.7 Å². The first-order chi connectivity index (χ1) is 8.06.